The first-order valence-corrected chi connectivity index (χ1v) is 12.7. The van der Waals surface area contributed by atoms with E-state index in [4.69, 9.17) is 23.2 Å². The van der Waals surface area contributed by atoms with Gasteiger partial charge in [0.15, 0.2) is 5.12 Å². The topological polar surface area (TPSA) is 46.2 Å². The number of thioether (sulfide) groups is 1. The number of carbonyl (C=O) groups is 2. The largest absolute Gasteiger partial charge is 0.325 e. The van der Waals surface area contributed by atoms with Gasteiger partial charge in [-0.1, -0.05) is 88.9 Å². The Hall–Kier alpha value is -0.710. The van der Waals surface area contributed by atoms with Gasteiger partial charge in [-0.15, -0.1) is 0 Å². The molecule has 6 heteroatoms. The number of benzene rings is 1. The highest BCUT2D eigenvalue weighted by Crippen LogP contribution is 2.47. The molecule has 0 spiro atoms. The Labute approximate surface area is 195 Å². The molecule has 0 bridgehead atoms. The van der Waals surface area contributed by atoms with E-state index in [9.17, 15) is 9.59 Å². The molecule has 3 nitrogen and oxygen atoms in total. The maximum atomic E-state index is 13.6. The van der Waals surface area contributed by atoms with Gasteiger partial charge in [0, 0.05) is 15.7 Å². The van der Waals surface area contributed by atoms with Gasteiger partial charge in [-0.05, 0) is 49.1 Å². The molecular weight excluding hydrogens is 437 g/mol. The molecule has 0 radical (unpaired) electrons. The fourth-order valence-corrected chi connectivity index (χ4v) is 6.03. The Morgan fingerprint density at radius 1 is 1.03 bits per heavy atom. The molecule has 2 fully saturated rings. The molecule has 30 heavy (non-hydrogen) atoms. The SMILES string of the molecule is CC(C)(C)C(=O)Sc1cc(Cl)c(Cl)cc1NC(=O)C1(CC2CCCCC2)CCCC1. The zero-order valence-electron chi connectivity index (χ0n) is 18.3. The number of halogens is 2. The number of hydrogen-bond donors (Lipinski definition) is 1. The van der Waals surface area contributed by atoms with Crippen molar-refractivity contribution in [3.8, 4) is 0 Å². The van der Waals surface area contributed by atoms with Crippen LogP contribution in [-0.4, -0.2) is 11.0 Å². The minimum atomic E-state index is -0.494. The number of rotatable bonds is 5. The zero-order chi connectivity index (χ0) is 21.9. The Kier molecular flexibility index (Phi) is 7.85. The maximum absolute atomic E-state index is 13.6. The Morgan fingerprint density at radius 3 is 2.23 bits per heavy atom. The number of carbonyl (C=O) groups excluding carboxylic acids is 2. The minimum absolute atomic E-state index is 0.0224. The molecule has 166 valence electrons. The standard InChI is InChI=1S/C24H33Cl2NO2S/c1-23(2,3)22(29)30-20-14-18(26)17(25)13-19(20)27-21(28)24(11-7-8-12-24)15-16-9-5-4-6-10-16/h13-14,16H,4-12,15H2,1-3H3,(H,27,28). The van der Waals surface area contributed by atoms with Crippen LogP contribution in [0.1, 0.15) is 85.0 Å². The fraction of sp³-hybridized carbons (Fsp3) is 0.667. The summed E-state index contributed by atoms with van der Waals surface area (Å²) in [5.74, 6) is 0.724. The summed E-state index contributed by atoms with van der Waals surface area (Å²) in [6.45, 7) is 5.65. The summed E-state index contributed by atoms with van der Waals surface area (Å²) in [5, 5.41) is 3.94. The monoisotopic (exact) mass is 469 g/mol. The van der Waals surface area contributed by atoms with Crippen molar-refractivity contribution in [2.45, 2.75) is 89.9 Å². The summed E-state index contributed by atoms with van der Waals surface area (Å²) in [7, 11) is 0. The lowest BCUT2D eigenvalue weighted by Crippen LogP contribution is -2.36. The second-order valence-electron chi connectivity index (χ2n) is 10.1. The Balaban J connectivity index is 1.83. The molecule has 0 aromatic heterocycles. The van der Waals surface area contributed by atoms with Crippen molar-refractivity contribution in [3.63, 3.8) is 0 Å². The summed E-state index contributed by atoms with van der Waals surface area (Å²) < 4.78 is 0. The highest BCUT2D eigenvalue weighted by Gasteiger charge is 2.43. The number of anilines is 1. The predicted molar refractivity (Wildman–Crippen MR) is 128 cm³/mol. The van der Waals surface area contributed by atoms with Crippen LogP contribution in [-0.2, 0) is 9.59 Å². The molecular formula is C24H33Cl2NO2S. The van der Waals surface area contributed by atoms with E-state index in [-0.39, 0.29) is 16.4 Å². The molecule has 2 saturated carbocycles. The Bertz CT molecular complexity index is 791. The average molecular weight is 471 g/mol. The van der Waals surface area contributed by atoms with Crippen molar-refractivity contribution in [1.82, 2.24) is 0 Å². The molecule has 0 aliphatic heterocycles. The van der Waals surface area contributed by atoms with Crippen LogP contribution in [0, 0.1) is 16.7 Å². The van der Waals surface area contributed by atoms with Crippen molar-refractivity contribution >= 4 is 51.7 Å². The van der Waals surface area contributed by atoms with E-state index in [2.05, 4.69) is 5.32 Å². The van der Waals surface area contributed by atoms with Gasteiger partial charge < -0.3 is 5.32 Å². The van der Waals surface area contributed by atoms with Crippen molar-refractivity contribution in [2.75, 3.05) is 5.32 Å². The van der Waals surface area contributed by atoms with Gasteiger partial charge in [0.05, 0.1) is 15.7 Å². The van der Waals surface area contributed by atoms with Gasteiger partial charge in [-0.2, -0.15) is 0 Å². The minimum Gasteiger partial charge on any atom is -0.325 e. The lowest BCUT2D eigenvalue weighted by Gasteiger charge is -2.34. The molecule has 0 heterocycles. The highest BCUT2D eigenvalue weighted by molar-refractivity contribution is 8.13. The molecule has 1 aromatic rings. The quantitative estimate of drug-likeness (QED) is 0.442. The van der Waals surface area contributed by atoms with E-state index >= 15 is 0 Å². The summed E-state index contributed by atoms with van der Waals surface area (Å²) in [4.78, 5) is 26.8. The van der Waals surface area contributed by atoms with Crippen LogP contribution in [0.3, 0.4) is 0 Å². The van der Waals surface area contributed by atoms with Gasteiger partial charge in [0.2, 0.25) is 5.91 Å². The molecule has 1 aromatic carbocycles. The summed E-state index contributed by atoms with van der Waals surface area (Å²) in [6.07, 6.45) is 11.4. The smallest absolute Gasteiger partial charge is 0.230 e. The van der Waals surface area contributed by atoms with E-state index in [1.54, 1.807) is 12.1 Å². The van der Waals surface area contributed by atoms with Crippen molar-refractivity contribution < 1.29 is 9.59 Å². The normalized spacial score (nSPS) is 19.6. The summed E-state index contributed by atoms with van der Waals surface area (Å²) in [6, 6.07) is 3.37. The number of hydrogen-bond acceptors (Lipinski definition) is 3. The molecule has 2 aliphatic carbocycles. The van der Waals surface area contributed by atoms with Gasteiger partial charge in [0.1, 0.15) is 0 Å². The molecule has 2 aliphatic rings. The van der Waals surface area contributed by atoms with E-state index in [1.807, 2.05) is 20.8 Å². The molecule has 1 amide bonds. The second kappa shape index (κ2) is 9.83. The van der Waals surface area contributed by atoms with Crippen LogP contribution in [0.5, 0.6) is 0 Å². The van der Waals surface area contributed by atoms with E-state index < -0.39 is 5.41 Å². The van der Waals surface area contributed by atoms with Crippen molar-refractivity contribution in [1.29, 1.82) is 0 Å². The van der Waals surface area contributed by atoms with E-state index in [1.165, 1.54) is 32.1 Å². The first-order chi connectivity index (χ1) is 14.1. The van der Waals surface area contributed by atoms with Gasteiger partial charge in [-0.25, -0.2) is 0 Å². The van der Waals surface area contributed by atoms with Crippen LogP contribution in [0.25, 0.3) is 0 Å². The fourth-order valence-electron chi connectivity index (χ4n) is 4.74. The van der Waals surface area contributed by atoms with E-state index in [0.717, 1.165) is 43.9 Å². The first kappa shape index (κ1) is 23.9. The third-order valence-electron chi connectivity index (χ3n) is 6.53. The van der Waals surface area contributed by atoms with Crippen molar-refractivity contribution in [2.24, 2.45) is 16.7 Å². The van der Waals surface area contributed by atoms with Crippen LogP contribution in [0.2, 0.25) is 10.0 Å². The maximum Gasteiger partial charge on any atom is 0.230 e. The lowest BCUT2D eigenvalue weighted by molar-refractivity contribution is -0.126. The lowest BCUT2D eigenvalue weighted by atomic mass is 9.72. The van der Waals surface area contributed by atoms with Gasteiger partial charge in [0.25, 0.3) is 0 Å². The molecule has 3 rings (SSSR count). The van der Waals surface area contributed by atoms with Crippen LogP contribution < -0.4 is 5.32 Å². The molecule has 0 atom stereocenters. The van der Waals surface area contributed by atoms with Crippen molar-refractivity contribution in [3.05, 3.63) is 22.2 Å². The molecule has 1 N–H and O–H groups in total. The highest BCUT2D eigenvalue weighted by atomic mass is 35.5. The summed E-state index contributed by atoms with van der Waals surface area (Å²) >= 11 is 13.6. The second-order valence-corrected chi connectivity index (χ2v) is 11.9. The number of nitrogens with one attached hydrogen (secondary N) is 1. The van der Waals surface area contributed by atoms with Crippen LogP contribution >= 0.6 is 35.0 Å². The first-order valence-electron chi connectivity index (χ1n) is 11.1. The van der Waals surface area contributed by atoms with Gasteiger partial charge >= 0.3 is 0 Å². The Morgan fingerprint density at radius 2 is 1.63 bits per heavy atom. The zero-order valence-corrected chi connectivity index (χ0v) is 20.6. The summed E-state index contributed by atoms with van der Waals surface area (Å²) in [5.41, 5.74) is -0.206. The predicted octanol–water partition coefficient (Wildman–Crippen LogP) is 8.13. The average Bonchev–Trinajstić information content (AvgIpc) is 3.15. The third-order valence-corrected chi connectivity index (χ3v) is 8.61. The molecule has 0 saturated heterocycles. The van der Waals surface area contributed by atoms with Crippen LogP contribution in [0.15, 0.2) is 17.0 Å². The number of amides is 1. The third kappa shape index (κ3) is 5.75. The molecule has 0 unspecified atom stereocenters. The van der Waals surface area contributed by atoms with Gasteiger partial charge in [-0.3, -0.25) is 9.59 Å². The van der Waals surface area contributed by atoms with Crippen LogP contribution in [0.4, 0.5) is 5.69 Å². The van der Waals surface area contributed by atoms with E-state index in [0.29, 0.717) is 26.5 Å².